The third-order valence-corrected chi connectivity index (χ3v) is 4.19. The van der Waals surface area contributed by atoms with Gasteiger partial charge in [0, 0.05) is 5.56 Å². The van der Waals surface area contributed by atoms with E-state index in [1.807, 2.05) is 19.1 Å². The molecule has 4 heteroatoms. The van der Waals surface area contributed by atoms with Gasteiger partial charge in [-0.2, -0.15) is 0 Å². The van der Waals surface area contributed by atoms with Crippen molar-refractivity contribution in [2.45, 2.75) is 52.4 Å². The van der Waals surface area contributed by atoms with Crippen LogP contribution in [0.25, 0.3) is 11.1 Å². The van der Waals surface area contributed by atoms with E-state index < -0.39 is 6.16 Å². The molecule has 0 aliphatic rings. The topological polar surface area (TPSA) is 35.5 Å². The molecule has 0 spiro atoms. The molecule has 0 saturated heterocycles. The molecular formula is C22H27FO3. The van der Waals surface area contributed by atoms with E-state index in [9.17, 15) is 9.18 Å². The monoisotopic (exact) mass is 358 g/mol. The number of hydrogen-bond donors (Lipinski definition) is 0. The maximum absolute atomic E-state index is 14.4. The first-order chi connectivity index (χ1) is 12.6. The zero-order valence-electron chi connectivity index (χ0n) is 15.6. The van der Waals surface area contributed by atoms with Gasteiger partial charge in [0.05, 0.1) is 6.61 Å². The standard InChI is InChI=1S/C22H27FO3/c1-3-5-7-8-17-9-14-20(21(23)16-17)18-10-12-19(13-11-18)26-22(24)25-15-6-4-2/h9-14,16H,3-8,15H2,1-2H3. The molecular weight excluding hydrogens is 331 g/mol. The number of rotatable bonds is 9. The first-order valence-corrected chi connectivity index (χ1v) is 9.37. The van der Waals surface area contributed by atoms with Gasteiger partial charge in [0.2, 0.25) is 0 Å². The van der Waals surface area contributed by atoms with Crippen LogP contribution in [0.15, 0.2) is 42.5 Å². The average molecular weight is 358 g/mol. The zero-order chi connectivity index (χ0) is 18.8. The molecule has 0 bridgehead atoms. The predicted molar refractivity (Wildman–Crippen MR) is 102 cm³/mol. The molecule has 0 aliphatic heterocycles. The molecule has 0 atom stereocenters. The summed E-state index contributed by atoms with van der Waals surface area (Å²) in [6.07, 6.45) is 5.33. The number of halogens is 1. The van der Waals surface area contributed by atoms with Gasteiger partial charge in [-0.15, -0.1) is 0 Å². The lowest BCUT2D eigenvalue weighted by Gasteiger charge is -2.08. The molecule has 0 N–H and O–H groups in total. The van der Waals surface area contributed by atoms with Crippen molar-refractivity contribution >= 4 is 6.16 Å². The van der Waals surface area contributed by atoms with E-state index in [0.29, 0.717) is 17.9 Å². The van der Waals surface area contributed by atoms with Crippen molar-refractivity contribution in [1.29, 1.82) is 0 Å². The van der Waals surface area contributed by atoms with Crippen LogP contribution in [0, 0.1) is 5.82 Å². The van der Waals surface area contributed by atoms with Gasteiger partial charge in [-0.25, -0.2) is 9.18 Å². The van der Waals surface area contributed by atoms with Crippen LogP contribution in [0.4, 0.5) is 9.18 Å². The van der Waals surface area contributed by atoms with Gasteiger partial charge in [-0.05, 0) is 48.6 Å². The maximum Gasteiger partial charge on any atom is 0.513 e. The van der Waals surface area contributed by atoms with E-state index in [0.717, 1.165) is 49.7 Å². The SMILES string of the molecule is CCCCCc1ccc(-c2ccc(OC(=O)OCCCC)cc2)c(F)c1. The fourth-order valence-corrected chi connectivity index (χ4v) is 2.66. The minimum absolute atomic E-state index is 0.230. The minimum Gasteiger partial charge on any atom is -0.434 e. The Hall–Kier alpha value is -2.36. The number of benzene rings is 2. The van der Waals surface area contributed by atoms with Crippen molar-refractivity contribution in [3.05, 3.63) is 53.8 Å². The zero-order valence-corrected chi connectivity index (χ0v) is 15.6. The molecule has 2 aromatic carbocycles. The molecule has 2 aromatic rings. The van der Waals surface area contributed by atoms with Gasteiger partial charge in [-0.1, -0.05) is 57.4 Å². The summed E-state index contributed by atoms with van der Waals surface area (Å²) in [5.74, 6) is 0.151. The van der Waals surface area contributed by atoms with Crippen LogP contribution < -0.4 is 4.74 Å². The van der Waals surface area contributed by atoms with Crippen molar-refractivity contribution in [1.82, 2.24) is 0 Å². The van der Waals surface area contributed by atoms with Gasteiger partial charge in [0.15, 0.2) is 0 Å². The van der Waals surface area contributed by atoms with Gasteiger partial charge in [-0.3, -0.25) is 0 Å². The molecule has 0 aliphatic carbocycles. The fourth-order valence-electron chi connectivity index (χ4n) is 2.66. The Morgan fingerprint density at radius 2 is 1.69 bits per heavy atom. The van der Waals surface area contributed by atoms with Crippen molar-refractivity contribution in [3.63, 3.8) is 0 Å². The van der Waals surface area contributed by atoms with Crippen LogP contribution in [-0.4, -0.2) is 12.8 Å². The highest BCUT2D eigenvalue weighted by Gasteiger charge is 2.09. The molecule has 140 valence electrons. The lowest BCUT2D eigenvalue weighted by molar-refractivity contribution is 0.0978. The molecule has 0 amide bonds. The number of carbonyl (C=O) groups is 1. The van der Waals surface area contributed by atoms with Crippen molar-refractivity contribution < 1.29 is 18.7 Å². The summed E-state index contributed by atoms with van der Waals surface area (Å²) in [6, 6.07) is 12.2. The second kappa shape index (κ2) is 10.6. The molecule has 0 heterocycles. The van der Waals surface area contributed by atoms with Crippen LogP contribution in [0.1, 0.15) is 51.5 Å². The smallest absolute Gasteiger partial charge is 0.434 e. The van der Waals surface area contributed by atoms with Gasteiger partial charge in [0.1, 0.15) is 11.6 Å². The lowest BCUT2D eigenvalue weighted by Crippen LogP contribution is -2.11. The van der Waals surface area contributed by atoms with E-state index in [2.05, 4.69) is 6.92 Å². The summed E-state index contributed by atoms with van der Waals surface area (Å²) >= 11 is 0. The molecule has 26 heavy (non-hydrogen) atoms. The second-order valence-corrected chi connectivity index (χ2v) is 6.35. The summed E-state index contributed by atoms with van der Waals surface area (Å²) in [7, 11) is 0. The maximum atomic E-state index is 14.4. The van der Waals surface area contributed by atoms with Crippen molar-refractivity contribution in [2.24, 2.45) is 0 Å². The van der Waals surface area contributed by atoms with E-state index in [1.165, 1.54) is 0 Å². The summed E-state index contributed by atoms with van der Waals surface area (Å²) < 4.78 is 24.5. The Balaban J connectivity index is 1.98. The number of aryl methyl sites for hydroxylation is 1. The normalized spacial score (nSPS) is 10.6. The number of hydrogen-bond acceptors (Lipinski definition) is 3. The Morgan fingerprint density at radius 3 is 2.35 bits per heavy atom. The second-order valence-electron chi connectivity index (χ2n) is 6.35. The highest BCUT2D eigenvalue weighted by molar-refractivity contribution is 5.67. The van der Waals surface area contributed by atoms with Crippen LogP contribution in [-0.2, 0) is 11.2 Å². The third kappa shape index (κ3) is 6.17. The summed E-state index contributed by atoms with van der Waals surface area (Å²) in [5.41, 5.74) is 2.31. The Bertz CT molecular complexity index is 695. The number of unbranched alkanes of at least 4 members (excludes halogenated alkanes) is 3. The molecule has 0 aromatic heterocycles. The lowest BCUT2D eigenvalue weighted by atomic mass is 10.0. The van der Waals surface area contributed by atoms with Crippen LogP contribution in [0.5, 0.6) is 5.75 Å². The Kier molecular flexibility index (Phi) is 8.13. The van der Waals surface area contributed by atoms with E-state index in [4.69, 9.17) is 9.47 Å². The number of ether oxygens (including phenoxy) is 2. The Morgan fingerprint density at radius 1 is 0.962 bits per heavy atom. The van der Waals surface area contributed by atoms with Crippen LogP contribution in [0.3, 0.4) is 0 Å². The summed E-state index contributed by atoms with van der Waals surface area (Å²) in [5, 5.41) is 0. The molecule has 3 nitrogen and oxygen atoms in total. The number of carbonyl (C=O) groups excluding carboxylic acids is 1. The Labute approximate surface area is 155 Å². The summed E-state index contributed by atoms with van der Waals surface area (Å²) in [4.78, 5) is 11.5. The van der Waals surface area contributed by atoms with Gasteiger partial charge < -0.3 is 9.47 Å². The highest BCUT2D eigenvalue weighted by Crippen LogP contribution is 2.26. The fraction of sp³-hybridized carbons (Fsp3) is 0.409. The third-order valence-electron chi connectivity index (χ3n) is 4.19. The first-order valence-electron chi connectivity index (χ1n) is 9.37. The van der Waals surface area contributed by atoms with Gasteiger partial charge in [0.25, 0.3) is 0 Å². The van der Waals surface area contributed by atoms with E-state index >= 15 is 0 Å². The van der Waals surface area contributed by atoms with Crippen molar-refractivity contribution in [3.8, 4) is 16.9 Å². The van der Waals surface area contributed by atoms with Crippen LogP contribution >= 0.6 is 0 Å². The van der Waals surface area contributed by atoms with Gasteiger partial charge >= 0.3 is 6.16 Å². The minimum atomic E-state index is -0.714. The summed E-state index contributed by atoms with van der Waals surface area (Å²) in [6.45, 7) is 4.52. The van der Waals surface area contributed by atoms with Crippen LogP contribution in [0.2, 0.25) is 0 Å². The van der Waals surface area contributed by atoms with E-state index in [-0.39, 0.29) is 5.82 Å². The molecule has 0 fully saturated rings. The quantitative estimate of drug-likeness (QED) is 0.290. The van der Waals surface area contributed by atoms with Crippen molar-refractivity contribution in [2.75, 3.05) is 6.61 Å². The predicted octanol–water partition coefficient (Wildman–Crippen LogP) is 6.54. The molecule has 0 unspecified atom stereocenters. The van der Waals surface area contributed by atoms with E-state index in [1.54, 1.807) is 30.3 Å². The molecule has 0 saturated carbocycles. The highest BCUT2D eigenvalue weighted by atomic mass is 19.1. The first kappa shape index (κ1) is 20.0. The molecule has 0 radical (unpaired) electrons. The molecule has 2 rings (SSSR count). The average Bonchev–Trinajstić information content (AvgIpc) is 2.63. The largest absolute Gasteiger partial charge is 0.513 e.